The van der Waals surface area contributed by atoms with E-state index in [2.05, 4.69) is 32.2 Å². The Bertz CT molecular complexity index is 752. The second kappa shape index (κ2) is 6.95. The lowest BCUT2D eigenvalue weighted by Crippen LogP contribution is -2.09. The third-order valence-corrected chi connectivity index (χ3v) is 3.40. The second-order valence-electron chi connectivity index (χ2n) is 5.21. The van der Waals surface area contributed by atoms with Gasteiger partial charge >= 0.3 is 0 Å². The van der Waals surface area contributed by atoms with Gasteiger partial charge in [0.2, 0.25) is 5.95 Å². The molecular weight excluding hydrogens is 292 g/mol. The molecule has 0 aliphatic heterocycles. The predicted molar refractivity (Wildman–Crippen MR) is 90.3 cm³/mol. The van der Waals surface area contributed by atoms with Gasteiger partial charge in [-0.3, -0.25) is 0 Å². The highest BCUT2D eigenvalue weighted by molar-refractivity contribution is 5.74. The summed E-state index contributed by atoms with van der Waals surface area (Å²) in [5.74, 6) is 2.15. The summed E-state index contributed by atoms with van der Waals surface area (Å²) in [5.41, 5.74) is 7.56. The molecule has 7 nitrogen and oxygen atoms in total. The summed E-state index contributed by atoms with van der Waals surface area (Å²) < 4.78 is 5.80. The molecule has 0 saturated carbocycles. The van der Waals surface area contributed by atoms with Crippen molar-refractivity contribution in [2.45, 2.75) is 26.4 Å². The number of H-pyrrole nitrogens is 1. The van der Waals surface area contributed by atoms with Crippen LogP contribution in [0.4, 0.5) is 11.8 Å². The lowest BCUT2D eigenvalue weighted by Gasteiger charge is -2.11. The van der Waals surface area contributed by atoms with E-state index in [0.717, 1.165) is 36.2 Å². The molecule has 4 N–H and O–H groups in total. The summed E-state index contributed by atoms with van der Waals surface area (Å²) in [4.78, 5) is 15.9. The van der Waals surface area contributed by atoms with E-state index in [1.165, 1.54) is 0 Å². The van der Waals surface area contributed by atoms with Crippen molar-refractivity contribution in [3.63, 3.8) is 0 Å². The summed E-state index contributed by atoms with van der Waals surface area (Å²) >= 11 is 0. The van der Waals surface area contributed by atoms with Crippen LogP contribution in [-0.2, 0) is 6.61 Å². The number of hydrogen-bond acceptors (Lipinski definition) is 6. The molecule has 2 aromatic heterocycles. The first kappa shape index (κ1) is 15.1. The monoisotopic (exact) mass is 312 g/mol. The smallest absolute Gasteiger partial charge is 0.222 e. The zero-order valence-electron chi connectivity index (χ0n) is 13.0. The normalized spacial score (nSPS) is 10.8. The molecule has 0 amide bonds. The number of anilines is 2. The van der Waals surface area contributed by atoms with Gasteiger partial charge in [-0.15, -0.1) is 0 Å². The number of fused-ring (bicyclic) bond motifs is 1. The fraction of sp³-hybridized carbons (Fsp3) is 0.312. The Hall–Kier alpha value is -2.83. The van der Waals surface area contributed by atoms with E-state index >= 15 is 0 Å². The van der Waals surface area contributed by atoms with Crippen LogP contribution in [0.2, 0.25) is 0 Å². The number of hydrogen-bond donors (Lipinski definition) is 3. The quantitative estimate of drug-likeness (QED) is 0.580. The van der Waals surface area contributed by atoms with Crippen molar-refractivity contribution in [1.82, 2.24) is 19.9 Å². The number of para-hydroxylation sites is 2. The molecule has 0 fully saturated rings. The van der Waals surface area contributed by atoms with Crippen LogP contribution >= 0.6 is 0 Å². The van der Waals surface area contributed by atoms with Crippen molar-refractivity contribution in [3.8, 4) is 5.75 Å². The molecule has 0 unspecified atom stereocenters. The highest BCUT2D eigenvalue weighted by atomic mass is 16.5. The van der Waals surface area contributed by atoms with Crippen LogP contribution in [0, 0.1) is 0 Å². The number of benzene rings is 1. The van der Waals surface area contributed by atoms with Crippen molar-refractivity contribution in [2.75, 3.05) is 17.6 Å². The molecule has 7 heteroatoms. The van der Waals surface area contributed by atoms with E-state index < -0.39 is 0 Å². The highest BCUT2D eigenvalue weighted by Crippen LogP contribution is 2.23. The standard InChI is InChI=1S/C16H20N6O/c1-2-3-8-18-15-13(9-19-16(17)22-15)23-10-14-20-11-6-4-5-7-12(11)21-14/h4-7,9H,2-3,8,10H2,1H3,(H,20,21)(H3,17,18,19,22). The number of ether oxygens (including phenoxy) is 1. The van der Waals surface area contributed by atoms with Crippen molar-refractivity contribution in [2.24, 2.45) is 0 Å². The second-order valence-corrected chi connectivity index (χ2v) is 5.21. The number of unbranched alkanes of at least 4 members (excludes halogenated alkanes) is 1. The lowest BCUT2D eigenvalue weighted by atomic mass is 10.3. The molecule has 3 rings (SSSR count). The molecule has 3 aromatic rings. The molecular formula is C16H20N6O. The zero-order valence-corrected chi connectivity index (χ0v) is 13.0. The topological polar surface area (TPSA) is 102 Å². The third-order valence-electron chi connectivity index (χ3n) is 3.40. The van der Waals surface area contributed by atoms with E-state index in [1.54, 1.807) is 6.20 Å². The molecule has 0 aliphatic rings. The summed E-state index contributed by atoms with van der Waals surface area (Å²) in [6, 6.07) is 7.86. The Morgan fingerprint density at radius 1 is 1.26 bits per heavy atom. The van der Waals surface area contributed by atoms with Gasteiger partial charge in [0.1, 0.15) is 12.4 Å². The van der Waals surface area contributed by atoms with Crippen LogP contribution in [0.5, 0.6) is 5.75 Å². The molecule has 0 saturated heterocycles. The van der Waals surface area contributed by atoms with Gasteiger partial charge < -0.3 is 20.8 Å². The van der Waals surface area contributed by atoms with Crippen molar-refractivity contribution < 1.29 is 4.74 Å². The molecule has 0 bridgehead atoms. The van der Waals surface area contributed by atoms with Gasteiger partial charge in [-0.1, -0.05) is 25.5 Å². The molecule has 2 heterocycles. The minimum absolute atomic E-state index is 0.222. The van der Waals surface area contributed by atoms with Gasteiger partial charge in [0, 0.05) is 6.54 Å². The van der Waals surface area contributed by atoms with Crippen LogP contribution in [0.25, 0.3) is 11.0 Å². The first-order valence-corrected chi connectivity index (χ1v) is 7.69. The third kappa shape index (κ3) is 3.68. The number of nitrogens with one attached hydrogen (secondary N) is 2. The first-order chi connectivity index (χ1) is 11.3. The minimum atomic E-state index is 0.222. The molecule has 23 heavy (non-hydrogen) atoms. The van der Waals surface area contributed by atoms with Crippen LogP contribution in [0.3, 0.4) is 0 Å². The molecule has 120 valence electrons. The average Bonchev–Trinajstić information content (AvgIpc) is 2.97. The highest BCUT2D eigenvalue weighted by Gasteiger charge is 2.09. The van der Waals surface area contributed by atoms with Gasteiger partial charge in [-0.2, -0.15) is 4.98 Å². The van der Waals surface area contributed by atoms with Gasteiger partial charge in [0.15, 0.2) is 11.6 Å². The van der Waals surface area contributed by atoms with E-state index in [0.29, 0.717) is 18.2 Å². The van der Waals surface area contributed by atoms with Crippen LogP contribution in [0.1, 0.15) is 25.6 Å². The van der Waals surface area contributed by atoms with Crippen LogP contribution < -0.4 is 15.8 Å². The van der Waals surface area contributed by atoms with Gasteiger partial charge in [0.05, 0.1) is 17.2 Å². The fourth-order valence-electron chi connectivity index (χ4n) is 2.22. The van der Waals surface area contributed by atoms with E-state index in [9.17, 15) is 0 Å². The van der Waals surface area contributed by atoms with Crippen LogP contribution in [0.15, 0.2) is 30.5 Å². The van der Waals surface area contributed by atoms with E-state index in [1.807, 2.05) is 24.3 Å². The molecule has 0 atom stereocenters. The Balaban J connectivity index is 1.71. The number of nitrogens with two attached hydrogens (primary N) is 1. The maximum absolute atomic E-state index is 5.80. The van der Waals surface area contributed by atoms with E-state index in [4.69, 9.17) is 10.5 Å². The molecule has 0 radical (unpaired) electrons. The number of nitrogen functional groups attached to an aromatic ring is 1. The fourth-order valence-corrected chi connectivity index (χ4v) is 2.22. The molecule has 0 spiro atoms. The number of aromatic amines is 1. The molecule has 1 aromatic carbocycles. The summed E-state index contributed by atoms with van der Waals surface area (Å²) in [6.45, 7) is 3.26. The Morgan fingerprint density at radius 3 is 2.96 bits per heavy atom. The predicted octanol–water partition coefficient (Wildman–Crippen LogP) is 2.73. The van der Waals surface area contributed by atoms with Gasteiger partial charge in [-0.05, 0) is 18.6 Å². The van der Waals surface area contributed by atoms with Crippen molar-refractivity contribution >= 4 is 22.8 Å². The zero-order chi connectivity index (χ0) is 16.1. The van der Waals surface area contributed by atoms with Crippen LogP contribution in [-0.4, -0.2) is 26.5 Å². The van der Waals surface area contributed by atoms with Gasteiger partial charge in [-0.25, -0.2) is 9.97 Å². The Kier molecular flexibility index (Phi) is 4.56. The SMILES string of the molecule is CCCCNc1nc(N)ncc1OCc1nc2ccccc2[nH]1. The Morgan fingerprint density at radius 2 is 2.13 bits per heavy atom. The average molecular weight is 312 g/mol. The largest absolute Gasteiger partial charge is 0.480 e. The number of aromatic nitrogens is 4. The lowest BCUT2D eigenvalue weighted by molar-refractivity contribution is 0.297. The maximum Gasteiger partial charge on any atom is 0.222 e. The number of nitrogens with zero attached hydrogens (tertiary/aromatic N) is 3. The summed E-state index contributed by atoms with van der Waals surface area (Å²) in [7, 11) is 0. The first-order valence-electron chi connectivity index (χ1n) is 7.69. The van der Waals surface area contributed by atoms with E-state index in [-0.39, 0.29) is 5.95 Å². The van der Waals surface area contributed by atoms with Crippen molar-refractivity contribution in [1.29, 1.82) is 0 Å². The number of rotatable bonds is 7. The minimum Gasteiger partial charge on any atom is -0.480 e. The van der Waals surface area contributed by atoms with Crippen molar-refractivity contribution in [3.05, 3.63) is 36.3 Å². The van der Waals surface area contributed by atoms with Gasteiger partial charge in [0.25, 0.3) is 0 Å². The molecule has 0 aliphatic carbocycles. The maximum atomic E-state index is 5.80. The summed E-state index contributed by atoms with van der Waals surface area (Å²) in [6.07, 6.45) is 3.73. The summed E-state index contributed by atoms with van der Waals surface area (Å²) in [5, 5.41) is 3.23. The number of imidazole rings is 1. The Labute approximate surface area is 134 Å².